The monoisotopic (exact) mass is 396 g/mol. The topological polar surface area (TPSA) is 84.9 Å². The molecule has 0 saturated carbocycles. The van der Waals surface area contributed by atoms with Crippen LogP contribution in [0.2, 0.25) is 0 Å². The number of fused-ring (bicyclic) bond motifs is 1. The van der Waals surface area contributed by atoms with E-state index in [2.05, 4.69) is 12.2 Å². The number of rotatable bonds is 6. The smallest absolute Gasteiger partial charge is 0.243 e. The molecule has 2 aliphatic rings. The molecule has 1 N–H and O–H groups in total. The van der Waals surface area contributed by atoms with E-state index in [0.29, 0.717) is 50.6 Å². The predicted molar refractivity (Wildman–Crippen MR) is 101 cm³/mol. The van der Waals surface area contributed by atoms with E-state index in [0.717, 1.165) is 12.8 Å². The van der Waals surface area contributed by atoms with E-state index < -0.39 is 10.0 Å². The van der Waals surface area contributed by atoms with Gasteiger partial charge in [-0.1, -0.05) is 13.3 Å². The average Bonchev–Trinajstić information content (AvgIpc) is 2.67. The number of piperidine rings is 1. The zero-order valence-electron chi connectivity index (χ0n) is 15.9. The van der Waals surface area contributed by atoms with Gasteiger partial charge in [-0.2, -0.15) is 4.31 Å². The summed E-state index contributed by atoms with van der Waals surface area (Å²) in [5.74, 6) is 0.932. The number of nitrogens with zero attached hydrogens (tertiary/aromatic N) is 1. The van der Waals surface area contributed by atoms with Crippen LogP contribution in [-0.4, -0.2) is 51.0 Å². The zero-order chi connectivity index (χ0) is 19.4. The number of ether oxygens (including phenoxy) is 2. The fourth-order valence-electron chi connectivity index (χ4n) is 3.56. The van der Waals surface area contributed by atoms with E-state index >= 15 is 0 Å². The van der Waals surface area contributed by atoms with Gasteiger partial charge in [0, 0.05) is 31.1 Å². The quantitative estimate of drug-likeness (QED) is 0.797. The SMILES string of the molecule is CCC[C@H](C)NC(=O)C1CCN(S(=O)(=O)c2ccc3c(c2)OCCO3)CC1. The van der Waals surface area contributed by atoms with Crippen LogP contribution in [-0.2, 0) is 14.8 Å². The Hall–Kier alpha value is -1.80. The number of sulfonamides is 1. The Bertz CT molecular complexity index is 772. The van der Waals surface area contributed by atoms with Crippen molar-refractivity contribution in [1.29, 1.82) is 0 Å². The summed E-state index contributed by atoms with van der Waals surface area (Å²) < 4.78 is 38.3. The number of amides is 1. The fraction of sp³-hybridized carbons (Fsp3) is 0.632. The van der Waals surface area contributed by atoms with Crippen LogP contribution < -0.4 is 14.8 Å². The van der Waals surface area contributed by atoms with Gasteiger partial charge >= 0.3 is 0 Å². The molecule has 0 bridgehead atoms. The van der Waals surface area contributed by atoms with Gasteiger partial charge in [0.05, 0.1) is 4.90 Å². The lowest BCUT2D eigenvalue weighted by molar-refractivity contribution is -0.126. The molecule has 1 aromatic carbocycles. The molecule has 150 valence electrons. The summed E-state index contributed by atoms with van der Waals surface area (Å²) >= 11 is 0. The second-order valence-corrected chi connectivity index (χ2v) is 9.12. The molecule has 1 saturated heterocycles. The van der Waals surface area contributed by atoms with E-state index in [-0.39, 0.29) is 22.8 Å². The van der Waals surface area contributed by atoms with Crippen LogP contribution in [0.25, 0.3) is 0 Å². The van der Waals surface area contributed by atoms with Crippen LogP contribution in [0.15, 0.2) is 23.1 Å². The molecule has 3 rings (SSSR count). The Morgan fingerprint density at radius 2 is 1.89 bits per heavy atom. The summed E-state index contributed by atoms with van der Waals surface area (Å²) in [7, 11) is -3.61. The van der Waals surface area contributed by atoms with Crippen molar-refractivity contribution in [1.82, 2.24) is 9.62 Å². The molecule has 1 aromatic rings. The second-order valence-electron chi connectivity index (χ2n) is 7.18. The highest BCUT2D eigenvalue weighted by Gasteiger charge is 2.33. The van der Waals surface area contributed by atoms with Crippen molar-refractivity contribution in [3.05, 3.63) is 18.2 Å². The third kappa shape index (κ3) is 4.55. The Balaban J connectivity index is 1.62. The summed E-state index contributed by atoms with van der Waals surface area (Å²) in [5.41, 5.74) is 0. The molecule has 0 spiro atoms. The predicted octanol–water partition coefficient (Wildman–Crippen LogP) is 2.16. The first-order valence-corrected chi connectivity index (χ1v) is 11.1. The average molecular weight is 397 g/mol. The van der Waals surface area contributed by atoms with Crippen molar-refractivity contribution in [3.63, 3.8) is 0 Å². The van der Waals surface area contributed by atoms with Gasteiger partial charge in [-0.25, -0.2) is 8.42 Å². The van der Waals surface area contributed by atoms with E-state index in [4.69, 9.17) is 9.47 Å². The van der Waals surface area contributed by atoms with Gasteiger partial charge in [-0.15, -0.1) is 0 Å². The van der Waals surface area contributed by atoms with Gasteiger partial charge in [0.15, 0.2) is 11.5 Å². The molecular weight excluding hydrogens is 368 g/mol. The highest BCUT2D eigenvalue weighted by molar-refractivity contribution is 7.89. The second kappa shape index (κ2) is 8.48. The van der Waals surface area contributed by atoms with Crippen LogP contribution >= 0.6 is 0 Å². The van der Waals surface area contributed by atoms with E-state index in [1.165, 1.54) is 10.4 Å². The lowest BCUT2D eigenvalue weighted by atomic mass is 9.96. The normalized spacial score (nSPS) is 19.5. The molecule has 7 nitrogen and oxygen atoms in total. The maximum atomic E-state index is 12.9. The number of carbonyl (C=O) groups excluding carboxylic acids is 1. The van der Waals surface area contributed by atoms with Crippen molar-refractivity contribution in [3.8, 4) is 11.5 Å². The largest absolute Gasteiger partial charge is 0.486 e. The van der Waals surface area contributed by atoms with Crippen LogP contribution in [0, 0.1) is 5.92 Å². The van der Waals surface area contributed by atoms with Crippen molar-refractivity contribution < 1.29 is 22.7 Å². The Morgan fingerprint density at radius 1 is 1.22 bits per heavy atom. The molecule has 2 heterocycles. The lowest BCUT2D eigenvalue weighted by Crippen LogP contribution is -2.44. The Kier molecular flexibility index (Phi) is 6.26. The molecule has 1 amide bonds. The van der Waals surface area contributed by atoms with Gasteiger partial charge in [-0.3, -0.25) is 4.79 Å². The van der Waals surface area contributed by atoms with Crippen molar-refractivity contribution >= 4 is 15.9 Å². The maximum Gasteiger partial charge on any atom is 0.243 e. The summed E-state index contributed by atoms with van der Waals surface area (Å²) in [6, 6.07) is 4.86. The minimum Gasteiger partial charge on any atom is -0.486 e. The van der Waals surface area contributed by atoms with Crippen LogP contribution in [0.4, 0.5) is 0 Å². The molecule has 27 heavy (non-hydrogen) atoms. The number of hydrogen-bond donors (Lipinski definition) is 1. The zero-order valence-corrected chi connectivity index (χ0v) is 16.8. The Morgan fingerprint density at radius 3 is 2.56 bits per heavy atom. The lowest BCUT2D eigenvalue weighted by Gasteiger charge is -2.31. The number of hydrogen-bond acceptors (Lipinski definition) is 5. The van der Waals surface area contributed by atoms with Gasteiger partial charge < -0.3 is 14.8 Å². The first-order chi connectivity index (χ1) is 12.9. The molecule has 0 radical (unpaired) electrons. The fourth-order valence-corrected chi connectivity index (χ4v) is 5.04. The molecule has 1 atom stereocenters. The molecule has 2 aliphatic heterocycles. The third-order valence-electron chi connectivity index (χ3n) is 5.09. The standard InChI is InChI=1S/C19H28N2O5S/c1-3-4-14(2)20-19(22)15-7-9-21(10-8-15)27(23,24)16-5-6-17-18(13-16)26-12-11-25-17/h5-6,13-15H,3-4,7-12H2,1-2H3,(H,20,22)/t14-/m0/s1. The summed E-state index contributed by atoms with van der Waals surface area (Å²) in [6.07, 6.45) is 3.04. The van der Waals surface area contributed by atoms with Crippen LogP contribution in [0.3, 0.4) is 0 Å². The van der Waals surface area contributed by atoms with Crippen LogP contribution in [0.5, 0.6) is 11.5 Å². The highest BCUT2D eigenvalue weighted by Crippen LogP contribution is 2.34. The van der Waals surface area contributed by atoms with Gasteiger partial charge in [0.1, 0.15) is 13.2 Å². The minimum atomic E-state index is -3.61. The first-order valence-electron chi connectivity index (χ1n) is 9.62. The maximum absolute atomic E-state index is 12.9. The summed E-state index contributed by atoms with van der Waals surface area (Å²) in [5, 5.41) is 3.03. The van der Waals surface area contributed by atoms with E-state index in [9.17, 15) is 13.2 Å². The molecule has 0 aromatic heterocycles. The molecule has 1 fully saturated rings. The summed E-state index contributed by atoms with van der Waals surface area (Å²) in [6.45, 7) is 5.65. The van der Waals surface area contributed by atoms with Gasteiger partial charge in [0.2, 0.25) is 15.9 Å². The molecule has 0 unspecified atom stereocenters. The molecular formula is C19H28N2O5S. The van der Waals surface area contributed by atoms with Crippen molar-refractivity contribution in [2.45, 2.75) is 50.5 Å². The highest BCUT2D eigenvalue weighted by atomic mass is 32.2. The van der Waals surface area contributed by atoms with Gasteiger partial charge in [0.25, 0.3) is 0 Å². The minimum absolute atomic E-state index is 0.0346. The van der Waals surface area contributed by atoms with Crippen molar-refractivity contribution in [2.24, 2.45) is 5.92 Å². The molecule has 0 aliphatic carbocycles. The number of carbonyl (C=O) groups is 1. The summed E-state index contributed by atoms with van der Waals surface area (Å²) in [4.78, 5) is 12.6. The number of benzene rings is 1. The first kappa shape index (κ1) is 19.9. The number of nitrogens with one attached hydrogen (secondary N) is 1. The van der Waals surface area contributed by atoms with Gasteiger partial charge in [-0.05, 0) is 38.3 Å². The van der Waals surface area contributed by atoms with Crippen molar-refractivity contribution in [2.75, 3.05) is 26.3 Å². The van der Waals surface area contributed by atoms with Crippen LogP contribution in [0.1, 0.15) is 39.5 Å². The third-order valence-corrected chi connectivity index (χ3v) is 6.98. The van der Waals surface area contributed by atoms with E-state index in [1.807, 2.05) is 6.92 Å². The van der Waals surface area contributed by atoms with E-state index in [1.54, 1.807) is 12.1 Å². The molecule has 8 heteroatoms. The Labute approximate surface area is 161 Å².